The van der Waals surface area contributed by atoms with Crippen molar-refractivity contribution in [3.05, 3.63) is 41.7 Å². The minimum absolute atomic E-state index is 0.414. The molecule has 1 heterocycles. The number of hydrogen-bond donors (Lipinski definition) is 0. The van der Waals surface area contributed by atoms with Crippen molar-refractivity contribution >= 4 is 5.78 Å². The van der Waals surface area contributed by atoms with Crippen LogP contribution in [-0.2, 0) is 11.2 Å². The first-order valence-corrected chi connectivity index (χ1v) is 11.6. The van der Waals surface area contributed by atoms with Gasteiger partial charge in [-0.1, -0.05) is 31.6 Å². The van der Waals surface area contributed by atoms with Crippen molar-refractivity contribution < 1.29 is 4.79 Å². The van der Waals surface area contributed by atoms with Gasteiger partial charge in [0.05, 0.1) is 0 Å². The lowest BCUT2D eigenvalue weighted by Gasteiger charge is -2.60. The average Bonchev–Trinajstić information content (AvgIpc) is 3.04. The number of nitrogens with zero attached hydrogens (tertiary/aromatic N) is 1. The van der Waals surface area contributed by atoms with Gasteiger partial charge in [-0.3, -0.25) is 9.78 Å². The average molecular weight is 378 g/mol. The molecule has 5 rings (SSSR count). The monoisotopic (exact) mass is 377 g/mol. The van der Waals surface area contributed by atoms with Crippen LogP contribution in [0.15, 0.2) is 36.2 Å². The molecule has 0 aromatic carbocycles. The second-order valence-electron chi connectivity index (χ2n) is 10.7. The third kappa shape index (κ3) is 2.82. The van der Waals surface area contributed by atoms with E-state index < -0.39 is 0 Å². The third-order valence-corrected chi connectivity index (χ3v) is 9.63. The maximum Gasteiger partial charge on any atom is 0.133 e. The van der Waals surface area contributed by atoms with Crippen LogP contribution in [-0.4, -0.2) is 10.8 Å². The summed E-state index contributed by atoms with van der Waals surface area (Å²) in [7, 11) is 0. The lowest BCUT2D eigenvalue weighted by atomic mass is 9.44. The molecule has 0 N–H and O–H groups in total. The number of aryl methyl sites for hydroxylation is 1. The summed E-state index contributed by atoms with van der Waals surface area (Å²) in [5, 5.41) is 0. The van der Waals surface area contributed by atoms with Gasteiger partial charge < -0.3 is 0 Å². The number of Topliss-reactive ketones (excluding diaryl/α,β-unsaturated/α-hetero) is 1. The fourth-order valence-electron chi connectivity index (χ4n) is 7.91. The zero-order valence-corrected chi connectivity index (χ0v) is 17.6. The Morgan fingerprint density at radius 3 is 2.82 bits per heavy atom. The van der Waals surface area contributed by atoms with Crippen LogP contribution in [0.3, 0.4) is 0 Å². The molecule has 3 saturated carbocycles. The topological polar surface area (TPSA) is 30.0 Å². The number of fused-ring (bicyclic) bond motifs is 5. The Morgan fingerprint density at radius 2 is 2.00 bits per heavy atom. The molecule has 3 fully saturated rings. The molecule has 2 heteroatoms. The van der Waals surface area contributed by atoms with Gasteiger partial charge >= 0.3 is 0 Å². The lowest BCUT2D eigenvalue weighted by Crippen LogP contribution is -2.53. The molecule has 0 radical (unpaired) electrons. The summed E-state index contributed by atoms with van der Waals surface area (Å²) in [5.74, 6) is 3.76. The summed E-state index contributed by atoms with van der Waals surface area (Å²) >= 11 is 0. The van der Waals surface area contributed by atoms with Crippen LogP contribution in [0.5, 0.6) is 0 Å². The predicted octanol–water partition coefficient (Wildman–Crippen LogP) is 6.16. The number of aromatic nitrogens is 1. The highest BCUT2D eigenvalue weighted by Crippen LogP contribution is 2.66. The predicted molar refractivity (Wildman–Crippen MR) is 113 cm³/mol. The Kier molecular flexibility index (Phi) is 4.52. The Balaban J connectivity index is 1.33. The first kappa shape index (κ1) is 18.6. The molecule has 0 aliphatic heterocycles. The van der Waals surface area contributed by atoms with E-state index in [1.165, 1.54) is 44.1 Å². The normalized spacial score (nSPS) is 42.4. The number of pyridine rings is 1. The maximum atomic E-state index is 12.1. The van der Waals surface area contributed by atoms with Gasteiger partial charge in [-0.2, -0.15) is 0 Å². The minimum atomic E-state index is 0.414. The van der Waals surface area contributed by atoms with E-state index in [4.69, 9.17) is 0 Å². The van der Waals surface area contributed by atoms with E-state index >= 15 is 0 Å². The van der Waals surface area contributed by atoms with E-state index in [9.17, 15) is 4.79 Å². The molecule has 0 spiro atoms. The van der Waals surface area contributed by atoms with Gasteiger partial charge in [-0.25, -0.2) is 0 Å². The summed E-state index contributed by atoms with van der Waals surface area (Å²) in [5.41, 5.74) is 3.93. The molecular formula is C26H35NO. The summed E-state index contributed by atoms with van der Waals surface area (Å²) in [6.07, 6.45) is 18.4. The van der Waals surface area contributed by atoms with Gasteiger partial charge in [-0.05, 0) is 97.5 Å². The molecule has 150 valence electrons. The maximum absolute atomic E-state index is 12.1. The first-order valence-electron chi connectivity index (χ1n) is 11.6. The summed E-state index contributed by atoms with van der Waals surface area (Å²) < 4.78 is 0. The van der Waals surface area contributed by atoms with Gasteiger partial charge in [0, 0.05) is 25.2 Å². The standard InChI is InChI=1S/C26H35NO/c1-25-14-12-24-22(9-7-20-16-21(28)11-13-26(20,24)2)23(25)10-8-19(25)6-5-18-4-3-15-27-17-18/h3-4,8,15,17,20,22-24H,5-7,9-14,16H2,1-2H3/t20?,22-,23-,24+,25+,26-/m0/s1. The highest BCUT2D eigenvalue weighted by Gasteiger charge is 2.58. The second-order valence-corrected chi connectivity index (χ2v) is 10.7. The number of ketones is 1. The van der Waals surface area contributed by atoms with Crippen molar-refractivity contribution in [3.63, 3.8) is 0 Å². The first-order chi connectivity index (χ1) is 13.5. The molecule has 6 atom stereocenters. The fourth-order valence-corrected chi connectivity index (χ4v) is 7.91. The van der Waals surface area contributed by atoms with E-state index in [0.717, 1.165) is 43.4 Å². The molecule has 28 heavy (non-hydrogen) atoms. The van der Waals surface area contributed by atoms with Crippen LogP contribution in [0.1, 0.15) is 77.2 Å². The summed E-state index contributed by atoms with van der Waals surface area (Å²) in [6, 6.07) is 4.27. The number of carbonyl (C=O) groups is 1. The summed E-state index contributed by atoms with van der Waals surface area (Å²) in [6.45, 7) is 5.13. The largest absolute Gasteiger partial charge is 0.300 e. The smallest absolute Gasteiger partial charge is 0.133 e. The molecular weight excluding hydrogens is 342 g/mol. The molecule has 1 unspecified atom stereocenters. The van der Waals surface area contributed by atoms with Crippen molar-refractivity contribution in [2.75, 3.05) is 0 Å². The zero-order valence-electron chi connectivity index (χ0n) is 17.6. The van der Waals surface area contributed by atoms with Crippen LogP contribution in [0, 0.1) is 34.5 Å². The SMILES string of the molecule is C[C@]12CCC(=O)CC1CC[C@@H]1[C@H]2CC[C@]2(C)C(CCc3cccnc3)=CC[C@@H]12. The number of carbonyl (C=O) groups excluding carboxylic acids is 1. The van der Waals surface area contributed by atoms with Crippen molar-refractivity contribution in [3.8, 4) is 0 Å². The Labute approximate surface area is 170 Å². The highest BCUT2D eigenvalue weighted by molar-refractivity contribution is 5.79. The van der Waals surface area contributed by atoms with E-state index in [0.29, 0.717) is 22.5 Å². The lowest BCUT2D eigenvalue weighted by molar-refractivity contribution is -0.137. The Bertz CT molecular complexity index is 783. The molecule has 4 aliphatic carbocycles. The van der Waals surface area contributed by atoms with Crippen LogP contribution in [0.4, 0.5) is 0 Å². The molecule has 4 aliphatic rings. The molecule has 0 bridgehead atoms. The zero-order chi connectivity index (χ0) is 19.4. The molecule has 0 amide bonds. The Morgan fingerprint density at radius 1 is 1.11 bits per heavy atom. The van der Waals surface area contributed by atoms with E-state index in [1.807, 2.05) is 12.4 Å². The van der Waals surface area contributed by atoms with E-state index in [2.05, 4.69) is 37.0 Å². The highest BCUT2D eigenvalue weighted by atomic mass is 16.1. The van der Waals surface area contributed by atoms with Crippen LogP contribution in [0.25, 0.3) is 0 Å². The van der Waals surface area contributed by atoms with Gasteiger partial charge in [0.1, 0.15) is 5.78 Å². The molecule has 1 aromatic rings. The fraction of sp³-hybridized carbons (Fsp3) is 0.692. The van der Waals surface area contributed by atoms with Crippen LogP contribution in [0.2, 0.25) is 0 Å². The van der Waals surface area contributed by atoms with Gasteiger partial charge in [0.15, 0.2) is 0 Å². The van der Waals surface area contributed by atoms with E-state index in [-0.39, 0.29) is 0 Å². The number of rotatable bonds is 3. The number of allylic oxidation sites excluding steroid dienone is 2. The Hall–Kier alpha value is -1.44. The molecule has 1 aromatic heterocycles. The van der Waals surface area contributed by atoms with Crippen LogP contribution >= 0.6 is 0 Å². The second kappa shape index (κ2) is 6.82. The van der Waals surface area contributed by atoms with Gasteiger partial charge in [0.25, 0.3) is 0 Å². The van der Waals surface area contributed by atoms with Crippen molar-refractivity contribution in [2.45, 2.75) is 78.1 Å². The molecule has 0 saturated heterocycles. The van der Waals surface area contributed by atoms with Crippen molar-refractivity contribution in [2.24, 2.45) is 34.5 Å². The van der Waals surface area contributed by atoms with Crippen molar-refractivity contribution in [1.29, 1.82) is 0 Å². The summed E-state index contributed by atoms with van der Waals surface area (Å²) in [4.78, 5) is 16.4. The molecule has 2 nitrogen and oxygen atoms in total. The van der Waals surface area contributed by atoms with Crippen molar-refractivity contribution in [1.82, 2.24) is 4.98 Å². The quantitative estimate of drug-likeness (QED) is 0.590. The van der Waals surface area contributed by atoms with Gasteiger partial charge in [-0.15, -0.1) is 0 Å². The minimum Gasteiger partial charge on any atom is -0.300 e. The number of hydrogen-bond acceptors (Lipinski definition) is 2. The third-order valence-electron chi connectivity index (χ3n) is 9.63. The van der Waals surface area contributed by atoms with Gasteiger partial charge in [0.2, 0.25) is 0 Å². The van der Waals surface area contributed by atoms with E-state index in [1.54, 1.807) is 5.57 Å². The van der Waals surface area contributed by atoms with Crippen LogP contribution < -0.4 is 0 Å².